The van der Waals surface area contributed by atoms with Gasteiger partial charge >= 0.3 is 6.18 Å². The maximum Gasteiger partial charge on any atom is 0.416 e. The average Bonchev–Trinajstić information content (AvgIpc) is 3.19. The number of aliphatic hydroxyl groups is 1. The van der Waals surface area contributed by atoms with Crippen LogP contribution in [-0.2, 0) is 16.6 Å². The summed E-state index contributed by atoms with van der Waals surface area (Å²) in [5.74, 6) is -1.59. The lowest BCUT2D eigenvalue weighted by molar-refractivity contribution is -0.139. The summed E-state index contributed by atoms with van der Waals surface area (Å²) in [6, 6.07) is 1.84. The first kappa shape index (κ1) is 16.8. The molecule has 0 heterocycles. The van der Waals surface area contributed by atoms with Gasteiger partial charge in [-0.15, -0.1) is 0 Å². The number of nitrogens with one attached hydrogen (secondary N) is 1. The molecule has 0 aromatic heterocycles. The fourth-order valence-corrected chi connectivity index (χ4v) is 2.13. The Morgan fingerprint density at radius 1 is 1.41 bits per heavy atom. The van der Waals surface area contributed by atoms with Crippen molar-refractivity contribution in [2.45, 2.75) is 24.6 Å². The quantitative estimate of drug-likeness (QED) is 0.376. The SMILES string of the molecule is BC(O)(NN(C)C(=O)C1CC1)c1ccc(C(F)(F)F)cc1F. The molecule has 22 heavy (non-hydrogen) atoms. The van der Waals surface area contributed by atoms with Crippen molar-refractivity contribution >= 4 is 13.8 Å². The molecule has 0 radical (unpaired) electrons. The van der Waals surface area contributed by atoms with Gasteiger partial charge in [0.15, 0.2) is 7.85 Å². The molecule has 9 heteroatoms. The molecule has 0 bridgehead atoms. The van der Waals surface area contributed by atoms with Gasteiger partial charge in [0.1, 0.15) is 11.4 Å². The molecule has 1 atom stereocenters. The second-order valence-electron chi connectivity index (χ2n) is 5.55. The van der Waals surface area contributed by atoms with Crippen molar-refractivity contribution in [3.63, 3.8) is 0 Å². The predicted octanol–water partition coefficient (Wildman–Crippen LogP) is 0.953. The lowest BCUT2D eigenvalue weighted by atomic mass is 9.83. The lowest BCUT2D eigenvalue weighted by Crippen LogP contribution is -2.54. The Hall–Kier alpha value is -1.61. The first-order valence-corrected chi connectivity index (χ1v) is 6.67. The van der Waals surface area contributed by atoms with E-state index in [0.717, 1.165) is 31.8 Å². The van der Waals surface area contributed by atoms with E-state index in [4.69, 9.17) is 0 Å². The third-order valence-electron chi connectivity index (χ3n) is 3.46. The van der Waals surface area contributed by atoms with E-state index in [1.807, 2.05) is 0 Å². The minimum Gasteiger partial charge on any atom is -0.378 e. The van der Waals surface area contributed by atoms with Gasteiger partial charge in [-0.1, -0.05) is 6.07 Å². The van der Waals surface area contributed by atoms with Crippen LogP contribution in [0.3, 0.4) is 0 Å². The maximum absolute atomic E-state index is 13.9. The summed E-state index contributed by atoms with van der Waals surface area (Å²) in [4.78, 5) is 11.8. The number of benzene rings is 1. The van der Waals surface area contributed by atoms with Crippen LogP contribution in [-0.4, -0.2) is 30.9 Å². The Bertz CT molecular complexity index is 588. The molecular weight excluding hydrogens is 303 g/mol. The monoisotopic (exact) mass is 318 g/mol. The van der Waals surface area contributed by atoms with Gasteiger partial charge in [0, 0.05) is 18.5 Å². The molecule has 1 aromatic rings. The number of carbonyl (C=O) groups is 1. The van der Waals surface area contributed by atoms with Crippen LogP contribution in [0.1, 0.15) is 24.0 Å². The molecule has 4 nitrogen and oxygen atoms in total. The number of hydrogen-bond donors (Lipinski definition) is 2. The van der Waals surface area contributed by atoms with Crippen molar-refractivity contribution < 1.29 is 27.5 Å². The van der Waals surface area contributed by atoms with Crippen LogP contribution in [0, 0.1) is 11.7 Å². The number of carbonyl (C=O) groups excluding carboxylic acids is 1. The van der Waals surface area contributed by atoms with E-state index in [2.05, 4.69) is 5.43 Å². The van der Waals surface area contributed by atoms with Crippen LogP contribution in [0.15, 0.2) is 18.2 Å². The first-order valence-electron chi connectivity index (χ1n) is 6.67. The van der Waals surface area contributed by atoms with Crippen molar-refractivity contribution in [1.29, 1.82) is 0 Å². The zero-order valence-corrected chi connectivity index (χ0v) is 12.0. The van der Waals surface area contributed by atoms with E-state index < -0.39 is 23.2 Å². The topological polar surface area (TPSA) is 52.6 Å². The van der Waals surface area contributed by atoms with Crippen LogP contribution in [0.25, 0.3) is 0 Å². The largest absolute Gasteiger partial charge is 0.416 e. The normalized spacial score (nSPS) is 17.9. The Morgan fingerprint density at radius 2 is 2.00 bits per heavy atom. The second kappa shape index (κ2) is 5.55. The van der Waals surface area contributed by atoms with Gasteiger partial charge in [0.05, 0.1) is 5.56 Å². The van der Waals surface area contributed by atoms with E-state index in [1.165, 1.54) is 7.05 Å². The smallest absolute Gasteiger partial charge is 0.378 e. The molecule has 0 spiro atoms. The van der Waals surface area contributed by atoms with Crippen molar-refractivity contribution in [3.05, 3.63) is 35.1 Å². The van der Waals surface area contributed by atoms with Gasteiger partial charge in [0.25, 0.3) is 0 Å². The molecule has 0 aliphatic heterocycles. The van der Waals surface area contributed by atoms with Crippen molar-refractivity contribution in [3.8, 4) is 0 Å². The maximum atomic E-state index is 13.9. The summed E-state index contributed by atoms with van der Waals surface area (Å²) in [7, 11) is 2.53. The standard InChI is InChI=1S/C13H15BF4N2O2/c1-20(11(21)7-2-3-7)19-12(14,22)9-5-4-8(6-10(9)15)13(16,17)18/h4-7,19,22H,2-3,14H2,1H3. The highest BCUT2D eigenvalue weighted by molar-refractivity contribution is 6.14. The van der Waals surface area contributed by atoms with Crippen LogP contribution >= 0.6 is 0 Å². The van der Waals surface area contributed by atoms with Crippen LogP contribution < -0.4 is 5.43 Å². The summed E-state index contributed by atoms with van der Waals surface area (Å²) in [5, 5.41) is 11.3. The Morgan fingerprint density at radius 3 is 2.45 bits per heavy atom. The van der Waals surface area contributed by atoms with Crippen LogP contribution in [0.5, 0.6) is 0 Å². The molecule has 0 saturated heterocycles. The second-order valence-corrected chi connectivity index (χ2v) is 5.55. The molecule has 1 fully saturated rings. The molecule has 1 unspecified atom stereocenters. The van der Waals surface area contributed by atoms with E-state index in [-0.39, 0.29) is 17.4 Å². The zero-order chi connectivity index (χ0) is 16.7. The third-order valence-corrected chi connectivity index (χ3v) is 3.46. The lowest BCUT2D eigenvalue weighted by Gasteiger charge is -2.32. The molecule has 1 amide bonds. The third kappa shape index (κ3) is 3.59. The number of hydrazine groups is 1. The number of amides is 1. The summed E-state index contributed by atoms with van der Waals surface area (Å²) < 4.78 is 51.4. The molecule has 120 valence electrons. The van der Waals surface area contributed by atoms with Crippen molar-refractivity contribution in [1.82, 2.24) is 10.4 Å². The zero-order valence-electron chi connectivity index (χ0n) is 12.0. The van der Waals surface area contributed by atoms with E-state index in [0.29, 0.717) is 12.1 Å². The van der Waals surface area contributed by atoms with E-state index in [9.17, 15) is 27.5 Å². The minimum absolute atomic E-state index is 0.120. The van der Waals surface area contributed by atoms with Gasteiger partial charge in [-0.25, -0.2) is 9.82 Å². The van der Waals surface area contributed by atoms with Gasteiger partial charge in [-0.2, -0.15) is 13.2 Å². The van der Waals surface area contributed by atoms with Crippen molar-refractivity contribution in [2.24, 2.45) is 5.92 Å². The van der Waals surface area contributed by atoms with Gasteiger partial charge in [-0.05, 0) is 25.0 Å². The molecule has 1 aromatic carbocycles. The number of nitrogens with zero attached hydrogens (tertiary/aromatic N) is 1. The summed E-state index contributed by atoms with van der Waals surface area (Å²) >= 11 is 0. The summed E-state index contributed by atoms with van der Waals surface area (Å²) in [6.07, 6.45) is -3.17. The highest BCUT2D eigenvalue weighted by atomic mass is 19.4. The van der Waals surface area contributed by atoms with Crippen molar-refractivity contribution in [2.75, 3.05) is 7.05 Å². The summed E-state index contributed by atoms with van der Waals surface area (Å²) in [6.45, 7) is 0. The van der Waals surface area contributed by atoms with E-state index >= 15 is 0 Å². The Labute approximate surface area is 125 Å². The van der Waals surface area contributed by atoms with Gasteiger partial charge in [0.2, 0.25) is 5.91 Å². The number of alkyl halides is 3. The number of hydrogen-bond acceptors (Lipinski definition) is 3. The fraction of sp³-hybridized carbons (Fsp3) is 0.462. The fourth-order valence-electron chi connectivity index (χ4n) is 2.13. The molecule has 1 aliphatic rings. The molecule has 1 saturated carbocycles. The van der Waals surface area contributed by atoms with Gasteiger partial charge < -0.3 is 5.11 Å². The number of rotatable bonds is 4. The predicted molar refractivity (Wildman–Crippen MR) is 72.5 cm³/mol. The van der Waals surface area contributed by atoms with Crippen LogP contribution in [0.2, 0.25) is 0 Å². The minimum atomic E-state index is -4.67. The molecule has 1 aliphatic carbocycles. The molecule has 2 rings (SSSR count). The highest BCUT2D eigenvalue weighted by Crippen LogP contribution is 2.32. The Balaban J connectivity index is 2.19. The Kier molecular flexibility index (Phi) is 4.23. The highest BCUT2D eigenvalue weighted by Gasteiger charge is 2.37. The van der Waals surface area contributed by atoms with Gasteiger partial charge in [-0.3, -0.25) is 9.80 Å². The average molecular weight is 318 g/mol. The number of halogens is 4. The van der Waals surface area contributed by atoms with Crippen LogP contribution in [0.4, 0.5) is 17.6 Å². The summed E-state index contributed by atoms with van der Waals surface area (Å²) in [5.41, 5.74) is -1.13. The molecular formula is C13H15BF4N2O2. The molecule has 2 N–H and O–H groups in total. The van der Waals surface area contributed by atoms with E-state index in [1.54, 1.807) is 0 Å². The first-order chi connectivity index (χ1) is 10.0.